The topological polar surface area (TPSA) is 33.7 Å². The molecule has 1 heterocycles. The van der Waals surface area contributed by atoms with Crippen LogP contribution in [-0.2, 0) is 11.3 Å². The molecule has 19 heavy (non-hydrogen) atoms. The van der Waals surface area contributed by atoms with Crippen LogP contribution in [0.1, 0.15) is 12.0 Å². The highest BCUT2D eigenvalue weighted by Gasteiger charge is 2.19. The first-order valence-corrected chi connectivity index (χ1v) is 6.94. The monoisotopic (exact) mass is 264 g/mol. The maximum absolute atomic E-state index is 5.77. The van der Waals surface area contributed by atoms with Gasteiger partial charge in [-0.25, -0.2) is 0 Å². The van der Waals surface area contributed by atoms with Crippen molar-refractivity contribution in [3.63, 3.8) is 0 Å². The summed E-state index contributed by atoms with van der Waals surface area (Å²) in [6.07, 6.45) is 1.13. The van der Waals surface area contributed by atoms with E-state index in [2.05, 4.69) is 29.4 Å². The van der Waals surface area contributed by atoms with Crippen LogP contribution in [0.5, 0.6) is 5.75 Å². The summed E-state index contributed by atoms with van der Waals surface area (Å²) in [6.45, 7) is 4.30. The van der Waals surface area contributed by atoms with Crippen LogP contribution >= 0.6 is 0 Å². The molecule has 1 N–H and O–H groups in total. The van der Waals surface area contributed by atoms with E-state index in [4.69, 9.17) is 9.47 Å². The number of hydrogen-bond acceptors (Lipinski definition) is 4. The highest BCUT2D eigenvalue weighted by atomic mass is 16.5. The molecule has 2 rings (SSSR count). The molecule has 1 aromatic carbocycles. The zero-order valence-corrected chi connectivity index (χ0v) is 11.9. The minimum atomic E-state index is 0.557. The van der Waals surface area contributed by atoms with Gasteiger partial charge in [0.1, 0.15) is 12.4 Å². The summed E-state index contributed by atoms with van der Waals surface area (Å²) in [5.74, 6) is 0.941. The third-order valence-corrected chi connectivity index (χ3v) is 3.55. The Bertz CT molecular complexity index is 361. The fourth-order valence-electron chi connectivity index (χ4n) is 2.27. The fourth-order valence-corrected chi connectivity index (χ4v) is 2.27. The quantitative estimate of drug-likeness (QED) is 0.809. The lowest BCUT2D eigenvalue weighted by atomic mass is 10.2. The van der Waals surface area contributed by atoms with Gasteiger partial charge in [-0.05, 0) is 38.2 Å². The highest BCUT2D eigenvalue weighted by Crippen LogP contribution is 2.13. The summed E-state index contributed by atoms with van der Waals surface area (Å²) in [6, 6.07) is 8.82. The van der Waals surface area contributed by atoms with Crippen LogP contribution in [0.4, 0.5) is 0 Å². The van der Waals surface area contributed by atoms with E-state index in [0.29, 0.717) is 6.04 Å². The Balaban J connectivity index is 1.69. The van der Waals surface area contributed by atoms with Gasteiger partial charge in [0.25, 0.3) is 0 Å². The summed E-state index contributed by atoms with van der Waals surface area (Å²) in [4.78, 5) is 2.32. The molecule has 0 bridgehead atoms. The third-order valence-electron chi connectivity index (χ3n) is 3.55. The maximum atomic E-state index is 5.77. The Kier molecular flexibility index (Phi) is 5.63. The van der Waals surface area contributed by atoms with Crippen molar-refractivity contribution in [3.05, 3.63) is 29.8 Å². The van der Waals surface area contributed by atoms with Crippen LogP contribution in [0.2, 0.25) is 0 Å². The fraction of sp³-hybridized carbons (Fsp3) is 0.600. The van der Waals surface area contributed by atoms with Crippen molar-refractivity contribution in [1.29, 1.82) is 0 Å². The van der Waals surface area contributed by atoms with E-state index in [0.717, 1.165) is 45.1 Å². The standard InChI is InChI=1S/C15H24N2O2/c1-16-11-13-3-5-15(6-4-13)19-10-8-17(2)14-7-9-18-12-14/h3-6,14,16H,7-12H2,1-2H3. The number of rotatable bonds is 7. The second-order valence-electron chi connectivity index (χ2n) is 5.02. The smallest absolute Gasteiger partial charge is 0.119 e. The molecule has 0 radical (unpaired) electrons. The molecular weight excluding hydrogens is 240 g/mol. The van der Waals surface area contributed by atoms with Gasteiger partial charge >= 0.3 is 0 Å². The molecule has 1 atom stereocenters. The molecule has 1 fully saturated rings. The van der Waals surface area contributed by atoms with E-state index >= 15 is 0 Å². The molecule has 0 spiro atoms. The summed E-state index contributed by atoms with van der Waals surface area (Å²) >= 11 is 0. The Labute approximate surface area is 115 Å². The van der Waals surface area contributed by atoms with Gasteiger partial charge in [0.15, 0.2) is 0 Å². The van der Waals surface area contributed by atoms with E-state index in [1.807, 2.05) is 19.2 Å². The van der Waals surface area contributed by atoms with Crippen LogP contribution < -0.4 is 10.1 Å². The molecule has 4 nitrogen and oxygen atoms in total. The molecule has 0 aliphatic carbocycles. The maximum Gasteiger partial charge on any atom is 0.119 e. The van der Waals surface area contributed by atoms with E-state index in [-0.39, 0.29) is 0 Å². The largest absolute Gasteiger partial charge is 0.492 e. The van der Waals surface area contributed by atoms with Crippen molar-refractivity contribution >= 4 is 0 Å². The van der Waals surface area contributed by atoms with E-state index in [1.165, 1.54) is 5.56 Å². The second kappa shape index (κ2) is 7.48. The van der Waals surface area contributed by atoms with Crippen LogP contribution in [0, 0.1) is 0 Å². The first kappa shape index (κ1) is 14.3. The molecule has 0 saturated carbocycles. The van der Waals surface area contributed by atoms with Crippen molar-refractivity contribution in [3.8, 4) is 5.75 Å². The van der Waals surface area contributed by atoms with Gasteiger partial charge in [-0.2, -0.15) is 0 Å². The zero-order chi connectivity index (χ0) is 13.5. The third kappa shape index (κ3) is 4.49. The van der Waals surface area contributed by atoms with Gasteiger partial charge in [-0.1, -0.05) is 12.1 Å². The Morgan fingerprint density at radius 1 is 1.37 bits per heavy atom. The lowest BCUT2D eigenvalue weighted by Crippen LogP contribution is -2.35. The van der Waals surface area contributed by atoms with Crippen molar-refractivity contribution in [2.45, 2.75) is 19.0 Å². The molecule has 0 aromatic heterocycles. The Hall–Kier alpha value is -1.10. The molecule has 1 saturated heterocycles. The molecule has 4 heteroatoms. The van der Waals surface area contributed by atoms with Crippen molar-refractivity contribution in [2.24, 2.45) is 0 Å². The molecule has 1 aliphatic rings. The SMILES string of the molecule is CNCc1ccc(OCCN(C)C2CCOC2)cc1. The number of nitrogens with one attached hydrogen (secondary N) is 1. The molecule has 1 aliphatic heterocycles. The Morgan fingerprint density at radius 2 is 2.16 bits per heavy atom. The summed E-state index contributed by atoms with van der Waals surface area (Å²) in [5, 5.41) is 3.13. The zero-order valence-electron chi connectivity index (χ0n) is 11.9. The number of benzene rings is 1. The molecule has 0 amide bonds. The first-order chi connectivity index (χ1) is 9.29. The molecule has 106 valence electrons. The lowest BCUT2D eigenvalue weighted by Gasteiger charge is -2.22. The molecule has 1 unspecified atom stereocenters. The predicted molar refractivity (Wildman–Crippen MR) is 76.6 cm³/mol. The van der Waals surface area contributed by atoms with Crippen molar-refractivity contribution in [1.82, 2.24) is 10.2 Å². The van der Waals surface area contributed by atoms with Crippen LogP contribution in [0.25, 0.3) is 0 Å². The summed E-state index contributed by atoms with van der Waals surface area (Å²) in [7, 11) is 4.09. The van der Waals surface area contributed by atoms with Crippen molar-refractivity contribution < 1.29 is 9.47 Å². The summed E-state index contributed by atoms with van der Waals surface area (Å²) in [5.41, 5.74) is 1.27. The van der Waals surface area contributed by atoms with Gasteiger partial charge in [-0.15, -0.1) is 0 Å². The van der Waals surface area contributed by atoms with E-state index in [1.54, 1.807) is 0 Å². The van der Waals surface area contributed by atoms with Crippen LogP contribution in [0.15, 0.2) is 24.3 Å². The first-order valence-electron chi connectivity index (χ1n) is 6.94. The normalized spacial score (nSPS) is 19.0. The second-order valence-corrected chi connectivity index (χ2v) is 5.02. The van der Waals surface area contributed by atoms with Gasteiger partial charge in [0.2, 0.25) is 0 Å². The van der Waals surface area contributed by atoms with E-state index in [9.17, 15) is 0 Å². The van der Waals surface area contributed by atoms with Gasteiger partial charge in [0.05, 0.1) is 6.61 Å². The van der Waals surface area contributed by atoms with Crippen LogP contribution in [0.3, 0.4) is 0 Å². The Morgan fingerprint density at radius 3 is 2.79 bits per heavy atom. The average molecular weight is 264 g/mol. The lowest BCUT2D eigenvalue weighted by molar-refractivity contribution is 0.147. The van der Waals surface area contributed by atoms with Crippen molar-refractivity contribution in [2.75, 3.05) is 40.5 Å². The van der Waals surface area contributed by atoms with Gasteiger partial charge < -0.3 is 14.8 Å². The number of nitrogens with zero attached hydrogens (tertiary/aromatic N) is 1. The highest BCUT2D eigenvalue weighted by molar-refractivity contribution is 5.27. The number of hydrogen-bond donors (Lipinski definition) is 1. The summed E-state index contributed by atoms with van der Waals surface area (Å²) < 4.78 is 11.2. The predicted octanol–water partition coefficient (Wildman–Crippen LogP) is 1.51. The van der Waals surface area contributed by atoms with Gasteiger partial charge in [0, 0.05) is 25.7 Å². The minimum Gasteiger partial charge on any atom is -0.492 e. The van der Waals surface area contributed by atoms with Crippen LogP contribution in [-0.4, -0.2) is 51.4 Å². The minimum absolute atomic E-state index is 0.557. The number of likely N-dealkylation sites (N-methyl/N-ethyl adjacent to an activating group) is 1. The van der Waals surface area contributed by atoms with E-state index < -0.39 is 0 Å². The average Bonchev–Trinajstić information content (AvgIpc) is 2.95. The molecule has 1 aromatic rings. The molecular formula is C15H24N2O2. The number of ether oxygens (including phenoxy) is 2. The van der Waals surface area contributed by atoms with Gasteiger partial charge in [-0.3, -0.25) is 4.90 Å².